The molecule has 32 heavy (non-hydrogen) atoms. The summed E-state index contributed by atoms with van der Waals surface area (Å²) in [6.07, 6.45) is 4.51. The molecule has 0 bridgehead atoms. The van der Waals surface area contributed by atoms with Gasteiger partial charge in [0.2, 0.25) is 5.91 Å². The van der Waals surface area contributed by atoms with E-state index in [9.17, 15) is 9.59 Å². The van der Waals surface area contributed by atoms with Crippen molar-refractivity contribution < 1.29 is 24.2 Å². The number of carboxylic acid groups (broad SMARTS) is 1. The maximum atomic E-state index is 12.5. The van der Waals surface area contributed by atoms with Gasteiger partial charge in [0.25, 0.3) is 0 Å². The van der Waals surface area contributed by atoms with Crippen molar-refractivity contribution in [3.05, 3.63) is 53.6 Å². The Kier molecular flexibility index (Phi) is 6.58. The van der Waals surface area contributed by atoms with Crippen molar-refractivity contribution in [1.29, 1.82) is 0 Å². The standard InChI is InChI=1S/C24H27N3O5/c1-31-21-12-8-17(14-22(21)32-19-4-2-3-5-19)20-11-13-23(28)27(26-20)15-16-6-9-18(10-7-16)25-24(29)30/h6-10,12,14,19,25H,2-5,11,13,15H2,1H3,(H,29,30). The van der Waals surface area contributed by atoms with E-state index >= 15 is 0 Å². The summed E-state index contributed by atoms with van der Waals surface area (Å²) in [6, 6.07) is 12.7. The molecule has 0 radical (unpaired) electrons. The zero-order valence-corrected chi connectivity index (χ0v) is 18.0. The van der Waals surface area contributed by atoms with Gasteiger partial charge in [-0.15, -0.1) is 0 Å². The number of hydrogen-bond acceptors (Lipinski definition) is 5. The lowest BCUT2D eigenvalue weighted by Gasteiger charge is -2.24. The second-order valence-corrected chi connectivity index (χ2v) is 8.02. The number of methoxy groups -OCH3 is 1. The highest BCUT2D eigenvalue weighted by atomic mass is 16.5. The summed E-state index contributed by atoms with van der Waals surface area (Å²) < 4.78 is 11.7. The van der Waals surface area contributed by atoms with Gasteiger partial charge in [0.05, 0.1) is 25.5 Å². The zero-order valence-electron chi connectivity index (χ0n) is 18.0. The lowest BCUT2D eigenvalue weighted by molar-refractivity contribution is -0.132. The van der Waals surface area contributed by atoms with E-state index in [0.29, 0.717) is 36.6 Å². The largest absolute Gasteiger partial charge is 0.493 e. The Hall–Kier alpha value is -3.55. The fourth-order valence-electron chi connectivity index (χ4n) is 4.06. The maximum absolute atomic E-state index is 12.5. The summed E-state index contributed by atoms with van der Waals surface area (Å²) in [5, 5.41) is 17.2. The maximum Gasteiger partial charge on any atom is 0.409 e. The number of amides is 2. The van der Waals surface area contributed by atoms with Gasteiger partial charge in [0.1, 0.15) is 0 Å². The fourth-order valence-corrected chi connectivity index (χ4v) is 4.06. The Bertz CT molecular complexity index is 1010. The molecule has 2 N–H and O–H groups in total. The summed E-state index contributed by atoms with van der Waals surface area (Å²) in [4.78, 5) is 23.2. The summed E-state index contributed by atoms with van der Waals surface area (Å²) in [7, 11) is 1.63. The van der Waals surface area contributed by atoms with E-state index in [4.69, 9.17) is 14.6 Å². The van der Waals surface area contributed by atoms with Gasteiger partial charge in [-0.2, -0.15) is 5.10 Å². The van der Waals surface area contributed by atoms with Crippen molar-refractivity contribution in [3.8, 4) is 11.5 Å². The predicted octanol–water partition coefficient (Wildman–Crippen LogP) is 4.63. The number of rotatable bonds is 7. The lowest BCUT2D eigenvalue weighted by Crippen LogP contribution is -2.31. The minimum atomic E-state index is -1.12. The van der Waals surface area contributed by atoms with E-state index in [1.165, 1.54) is 17.9 Å². The first-order chi connectivity index (χ1) is 15.5. The third-order valence-electron chi connectivity index (χ3n) is 5.74. The highest BCUT2D eigenvalue weighted by Crippen LogP contribution is 2.33. The molecular weight excluding hydrogens is 410 g/mol. The van der Waals surface area contributed by atoms with Crippen LogP contribution < -0.4 is 14.8 Å². The normalized spacial score (nSPS) is 16.6. The van der Waals surface area contributed by atoms with Gasteiger partial charge in [0, 0.05) is 24.1 Å². The van der Waals surface area contributed by atoms with Crippen LogP contribution in [0.4, 0.5) is 10.5 Å². The van der Waals surface area contributed by atoms with E-state index in [2.05, 4.69) is 10.4 Å². The van der Waals surface area contributed by atoms with Crippen LogP contribution in [0.25, 0.3) is 0 Å². The first kappa shape index (κ1) is 21.7. The second-order valence-electron chi connectivity index (χ2n) is 8.02. The van der Waals surface area contributed by atoms with Crippen molar-refractivity contribution in [3.63, 3.8) is 0 Å². The molecule has 4 rings (SSSR count). The monoisotopic (exact) mass is 437 g/mol. The van der Waals surface area contributed by atoms with Gasteiger partial charge in [-0.3, -0.25) is 10.1 Å². The average Bonchev–Trinajstić information content (AvgIpc) is 3.29. The summed E-state index contributed by atoms with van der Waals surface area (Å²) in [6.45, 7) is 0.317. The molecule has 0 spiro atoms. The molecule has 0 aromatic heterocycles. The molecule has 2 aromatic rings. The summed E-state index contributed by atoms with van der Waals surface area (Å²) in [5.41, 5.74) is 3.08. The number of carbonyl (C=O) groups is 2. The zero-order chi connectivity index (χ0) is 22.5. The van der Waals surface area contributed by atoms with Gasteiger partial charge < -0.3 is 14.6 Å². The molecule has 1 saturated carbocycles. The van der Waals surface area contributed by atoms with Gasteiger partial charge >= 0.3 is 6.09 Å². The van der Waals surface area contributed by atoms with Crippen LogP contribution in [0.1, 0.15) is 49.7 Å². The minimum Gasteiger partial charge on any atom is -0.493 e. The third kappa shape index (κ3) is 5.19. The Morgan fingerprint density at radius 1 is 1.12 bits per heavy atom. The van der Waals surface area contributed by atoms with Crippen LogP contribution in [0.2, 0.25) is 0 Å². The number of ether oxygens (including phenoxy) is 2. The number of anilines is 1. The Balaban J connectivity index is 1.52. The average molecular weight is 437 g/mol. The van der Waals surface area contributed by atoms with E-state index in [1.54, 1.807) is 31.4 Å². The summed E-state index contributed by atoms with van der Waals surface area (Å²) >= 11 is 0. The highest BCUT2D eigenvalue weighted by molar-refractivity contribution is 6.04. The number of carbonyl (C=O) groups excluding carboxylic acids is 1. The molecule has 168 valence electrons. The SMILES string of the molecule is COc1ccc(C2=NN(Cc3ccc(NC(=O)O)cc3)C(=O)CC2)cc1OC1CCCC1. The Labute approximate surface area is 186 Å². The molecule has 1 fully saturated rings. The molecule has 1 aliphatic carbocycles. The van der Waals surface area contributed by atoms with E-state index < -0.39 is 6.09 Å². The molecule has 8 nitrogen and oxygen atoms in total. The van der Waals surface area contributed by atoms with Crippen molar-refractivity contribution in [2.24, 2.45) is 5.10 Å². The molecule has 0 atom stereocenters. The van der Waals surface area contributed by atoms with Crippen LogP contribution >= 0.6 is 0 Å². The molecule has 0 saturated heterocycles. The van der Waals surface area contributed by atoms with E-state index in [0.717, 1.165) is 29.7 Å². The number of hydrogen-bond donors (Lipinski definition) is 2. The molecular formula is C24H27N3O5. The first-order valence-electron chi connectivity index (χ1n) is 10.8. The smallest absolute Gasteiger partial charge is 0.409 e. The Morgan fingerprint density at radius 2 is 1.88 bits per heavy atom. The molecule has 2 aliphatic rings. The molecule has 1 heterocycles. The predicted molar refractivity (Wildman–Crippen MR) is 120 cm³/mol. The van der Waals surface area contributed by atoms with Crippen molar-refractivity contribution in [2.75, 3.05) is 12.4 Å². The van der Waals surface area contributed by atoms with Gasteiger partial charge in [-0.05, 0) is 61.6 Å². The van der Waals surface area contributed by atoms with E-state index in [-0.39, 0.29) is 12.0 Å². The second kappa shape index (κ2) is 9.72. The topological polar surface area (TPSA) is 100 Å². The number of nitrogens with zero attached hydrogens (tertiary/aromatic N) is 2. The minimum absolute atomic E-state index is 0.0440. The number of nitrogens with one attached hydrogen (secondary N) is 1. The molecule has 8 heteroatoms. The van der Waals surface area contributed by atoms with Crippen LogP contribution in [0.5, 0.6) is 11.5 Å². The van der Waals surface area contributed by atoms with Crippen LogP contribution in [0.3, 0.4) is 0 Å². The third-order valence-corrected chi connectivity index (χ3v) is 5.74. The molecule has 2 amide bonds. The van der Waals surface area contributed by atoms with E-state index in [1.807, 2.05) is 18.2 Å². The highest BCUT2D eigenvalue weighted by Gasteiger charge is 2.23. The van der Waals surface area contributed by atoms with Crippen LogP contribution in [0, 0.1) is 0 Å². The van der Waals surface area contributed by atoms with Crippen molar-refractivity contribution in [2.45, 2.75) is 51.2 Å². The molecule has 0 unspecified atom stereocenters. The lowest BCUT2D eigenvalue weighted by atomic mass is 10.0. The van der Waals surface area contributed by atoms with Gasteiger partial charge in [-0.25, -0.2) is 9.80 Å². The van der Waals surface area contributed by atoms with Crippen LogP contribution in [-0.4, -0.2) is 41.0 Å². The van der Waals surface area contributed by atoms with Crippen molar-refractivity contribution >= 4 is 23.4 Å². The van der Waals surface area contributed by atoms with Crippen molar-refractivity contribution in [1.82, 2.24) is 5.01 Å². The Morgan fingerprint density at radius 3 is 2.56 bits per heavy atom. The quantitative estimate of drug-likeness (QED) is 0.658. The van der Waals surface area contributed by atoms with Gasteiger partial charge in [-0.1, -0.05) is 12.1 Å². The summed E-state index contributed by atoms with van der Waals surface area (Å²) in [5.74, 6) is 1.36. The molecule has 1 aliphatic heterocycles. The van der Waals surface area contributed by atoms with Gasteiger partial charge in [0.15, 0.2) is 11.5 Å². The first-order valence-corrected chi connectivity index (χ1v) is 10.8. The van der Waals surface area contributed by atoms with Crippen LogP contribution in [-0.2, 0) is 11.3 Å². The molecule has 2 aromatic carbocycles. The number of hydrazone groups is 1. The number of benzene rings is 2. The van der Waals surface area contributed by atoms with Crippen LogP contribution in [0.15, 0.2) is 47.6 Å². The fraction of sp³-hybridized carbons (Fsp3) is 0.375.